The number of hydrogen-bond acceptors (Lipinski definition) is 2. The Hall–Kier alpha value is -3.28. The molecule has 5 heteroatoms. The Kier molecular flexibility index (Phi) is 5.46. The molecule has 2 nitrogen and oxygen atoms in total. The van der Waals surface area contributed by atoms with Gasteiger partial charge in [-0.05, 0) is 39.4 Å². The lowest BCUT2D eigenvalue weighted by Crippen LogP contribution is -2.35. The average Bonchev–Trinajstić information content (AvgIpc) is 3.21. The largest absolute Gasteiger partial charge is 0.491 e. The van der Waals surface area contributed by atoms with Crippen LogP contribution in [0.15, 0.2) is 78.9 Å². The molecular weight excluding hydrogens is 441 g/mol. The molecule has 0 unspecified atom stereocenters. The zero-order valence-electron chi connectivity index (χ0n) is 20.2. The van der Waals surface area contributed by atoms with Crippen molar-refractivity contribution in [2.45, 2.75) is 38.5 Å². The van der Waals surface area contributed by atoms with Gasteiger partial charge in [0, 0.05) is 27.4 Å². The maximum atomic E-state index is 14.6. The molecule has 2 aliphatic rings. The molecule has 0 fully saturated rings. The lowest BCUT2D eigenvalue weighted by atomic mass is 9.74. The van der Waals surface area contributed by atoms with E-state index in [2.05, 4.69) is 26.0 Å². The minimum absolute atomic E-state index is 0.0698. The Morgan fingerprint density at radius 1 is 0.571 bits per heavy atom. The third-order valence-electron chi connectivity index (χ3n) is 7.49. The van der Waals surface area contributed by atoms with Crippen molar-refractivity contribution in [3.8, 4) is 22.3 Å². The smallest absolute Gasteiger partial charge is 0.423 e. The van der Waals surface area contributed by atoms with Crippen LogP contribution in [0.3, 0.4) is 0 Å². The van der Waals surface area contributed by atoms with Crippen molar-refractivity contribution in [3.05, 3.63) is 113 Å². The van der Waals surface area contributed by atoms with Gasteiger partial charge in [0.05, 0.1) is 0 Å². The first kappa shape index (κ1) is 23.5. The van der Waals surface area contributed by atoms with E-state index in [1.165, 1.54) is 17.2 Å². The summed E-state index contributed by atoms with van der Waals surface area (Å²) >= 11 is 0. The summed E-state index contributed by atoms with van der Waals surface area (Å²) in [7, 11) is -1.79. The first-order valence-electron chi connectivity index (χ1n) is 11.7. The molecule has 0 amide bonds. The van der Waals surface area contributed by atoms with Crippen LogP contribution in [0.2, 0.25) is 0 Å². The van der Waals surface area contributed by atoms with Gasteiger partial charge in [-0.25, -0.2) is 8.78 Å². The van der Waals surface area contributed by atoms with Gasteiger partial charge in [-0.1, -0.05) is 100 Å². The number of fused-ring (bicyclic) bond motifs is 6. The maximum absolute atomic E-state index is 14.6. The Morgan fingerprint density at radius 2 is 1.06 bits per heavy atom. The first-order valence-corrected chi connectivity index (χ1v) is 11.7. The highest BCUT2D eigenvalue weighted by atomic mass is 19.1. The quantitative estimate of drug-likeness (QED) is 0.340. The maximum Gasteiger partial charge on any atom is 0.491 e. The van der Waals surface area contributed by atoms with Crippen molar-refractivity contribution in [1.29, 1.82) is 0 Å². The molecule has 0 aliphatic heterocycles. The Bertz CT molecular complexity index is 1460. The summed E-state index contributed by atoms with van der Waals surface area (Å²) in [4.78, 5) is 0. The lowest BCUT2D eigenvalue weighted by molar-refractivity contribution is 0.422. The zero-order valence-corrected chi connectivity index (χ0v) is 20.2. The topological polar surface area (TPSA) is 40.5 Å². The summed E-state index contributed by atoms with van der Waals surface area (Å²) in [6.07, 6.45) is 0. The van der Waals surface area contributed by atoms with Crippen LogP contribution in [0, 0.1) is 11.6 Å². The summed E-state index contributed by atoms with van der Waals surface area (Å²) < 4.78 is 28.5. The number of hydrogen-bond donors (Lipinski definition) is 2. The molecule has 0 heterocycles. The lowest BCUT2D eigenvalue weighted by Gasteiger charge is -2.22. The van der Waals surface area contributed by atoms with Crippen molar-refractivity contribution < 1.29 is 18.8 Å². The van der Waals surface area contributed by atoms with Crippen LogP contribution < -0.4 is 5.46 Å². The molecule has 35 heavy (non-hydrogen) atoms. The predicted molar refractivity (Wildman–Crippen MR) is 138 cm³/mol. The fourth-order valence-electron chi connectivity index (χ4n) is 5.81. The van der Waals surface area contributed by atoms with Gasteiger partial charge < -0.3 is 10.0 Å². The van der Waals surface area contributed by atoms with E-state index >= 15 is 0 Å². The van der Waals surface area contributed by atoms with Gasteiger partial charge in [-0.2, -0.15) is 0 Å². The number of rotatable bonds is 1. The summed E-state index contributed by atoms with van der Waals surface area (Å²) in [5, 5.41) is 18.5. The molecule has 0 spiro atoms. The van der Waals surface area contributed by atoms with Crippen LogP contribution >= 0.6 is 0 Å². The summed E-state index contributed by atoms with van der Waals surface area (Å²) in [6.45, 7) is 8.07. The highest BCUT2D eigenvalue weighted by Crippen LogP contribution is 2.50. The molecule has 0 saturated carbocycles. The van der Waals surface area contributed by atoms with Crippen LogP contribution in [0.25, 0.3) is 22.3 Å². The van der Waals surface area contributed by atoms with Crippen LogP contribution in [-0.2, 0) is 10.8 Å². The Morgan fingerprint density at radius 3 is 1.63 bits per heavy atom. The predicted octanol–water partition coefficient (Wildman–Crippen LogP) is 5.94. The van der Waals surface area contributed by atoms with E-state index in [1.807, 2.05) is 56.3 Å². The third-order valence-corrected chi connectivity index (χ3v) is 7.49. The van der Waals surface area contributed by atoms with Crippen molar-refractivity contribution in [3.63, 3.8) is 0 Å². The summed E-state index contributed by atoms with van der Waals surface area (Å²) in [5.74, 6) is -0.618. The summed E-state index contributed by atoms with van der Waals surface area (Å²) in [5.41, 5.74) is 6.95. The second-order valence-electron chi connectivity index (χ2n) is 10.3. The second kappa shape index (κ2) is 8.15. The highest BCUT2D eigenvalue weighted by molar-refractivity contribution is 6.58. The van der Waals surface area contributed by atoms with Gasteiger partial charge in [0.25, 0.3) is 0 Å². The molecule has 0 aromatic heterocycles. The van der Waals surface area contributed by atoms with Gasteiger partial charge in [-0.3, -0.25) is 0 Å². The Labute approximate surface area is 205 Å². The molecule has 2 aliphatic carbocycles. The highest BCUT2D eigenvalue weighted by Gasteiger charge is 2.39. The molecule has 2 N–H and O–H groups in total. The molecule has 176 valence electrons. The third kappa shape index (κ3) is 3.45. The van der Waals surface area contributed by atoms with E-state index in [-0.39, 0.29) is 16.7 Å². The zero-order chi connectivity index (χ0) is 25.1. The second-order valence-corrected chi connectivity index (χ2v) is 10.3. The minimum atomic E-state index is -1.79. The van der Waals surface area contributed by atoms with Crippen LogP contribution in [0.1, 0.15) is 49.9 Å². The number of benzene rings is 4. The van der Waals surface area contributed by atoms with Crippen molar-refractivity contribution in [2.24, 2.45) is 0 Å². The average molecular weight is 468 g/mol. The molecule has 0 saturated heterocycles. The van der Waals surface area contributed by atoms with Crippen LogP contribution in [0.5, 0.6) is 0 Å². The van der Waals surface area contributed by atoms with Gasteiger partial charge in [0.2, 0.25) is 0 Å². The normalized spacial score (nSPS) is 15.3. The van der Waals surface area contributed by atoms with Crippen LogP contribution in [-0.4, -0.2) is 17.2 Å². The van der Waals surface area contributed by atoms with Crippen molar-refractivity contribution >= 4 is 12.6 Å². The number of halogens is 2. The van der Waals surface area contributed by atoms with E-state index in [1.54, 1.807) is 18.2 Å². The molecule has 6 rings (SSSR count). The van der Waals surface area contributed by atoms with Gasteiger partial charge >= 0.3 is 7.12 Å². The van der Waals surface area contributed by atoms with E-state index in [4.69, 9.17) is 0 Å². The van der Waals surface area contributed by atoms with Gasteiger partial charge in [0.1, 0.15) is 11.6 Å². The van der Waals surface area contributed by atoms with E-state index < -0.39 is 18.4 Å². The fourth-order valence-corrected chi connectivity index (χ4v) is 5.81. The molecule has 4 aromatic rings. The van der Waals surface area contributed by atoms with E-state index in [0.29, 0.717) is 5.56 Å². The SMILES string of the molecule is CC1(C)c2ccccc2-c2ccc(B(O)O)c(F)c21.CC1(C)c2ccccc2-c2cccc(F)c21. The Balaban J connectivity index is 0.000000147. The minimum Gasteiger partial charge on any atom is -0.423 e. The standard InChI is InChI=1S/C15H14BFO2.C15H13F/c1-15(2)11-6-4-3-5-9(11)10-7-8-12(16(18)19)14(17)13(10)15;1-15(2)12-8-4-3-6-10(12)11-7-5-9-13(16)14(11)15/h3-8,18-19H,1-2H3;3-9H,1-2H3. The van der Waals surface area contributed by atoms with Crippen molar-refractivity contribution in [2.75, 3.05) is 0 Å². The van der Waals surface area contributed by atoms with Crippen molar-refractivity contribution in [1.82, 2.24) is 0 Å². The van der Waals surface area contributed by atoms with E-state index in [0.717, 1.165) is 27.8 Å². The van der Waals surface area contributed by atoms with E-state index in [9.17, 15) is 18.8 Å². The van der Waals surface area contributed by atoms with Gasteiger partial charge in [-0.15, -0.1) is 0 Å². The fraction of sp³-hybridized carbons (Fsp3) is 0.200. The monoisotopic (exact) mass is 468 g/mol. The van der Waals surface area contributed by atoms with Crippen LogP contribution in [0.4, 0.5) is 8.78 Å². The summed E-state index contributed by atoms with van der Waals surface area (Å²) in [6, 6.07) is 24.6. The molecule has 0 atom stereocenters. The molecular formula is C30H27BF2O2. The molecule has 4 aromatic carbocycles. The molecule has 0 radical (unpaired) electrons. The first-order chi connectivity index (χ1) is 16.6. The van der Waals surface area contributed by atoms with Gasteiger partial charge in [0.15, 0.2) is 0 Å². The molecule has 0 bridgehead atoms.